The molecule has 3 nitrogen and oxygen atoms in total. The number of aromatic nitrogens is 1. The number of anilines is 1. The second kappa shape index (κ2) is 5.30. The van der Waals surface area contributed by atoms with E-state index in [0.717, 1.165) is 29.4 Å². The molecular formula is C26H30N2O. The summed E-state index contributed by atoms with van der Waals surface area (Å²) >= 11 is 0. The van der Waals surface area contributed by atoms with E-state index >= 15 is 0 Å². The molecule has 1 atom stereocenters. The number of para-hydroxylation sites is 1. The number of fused-ring (bicyclic) bond motifs is 3. The van der Waals surface area contributed by atoms with Gasteiger partial charge in [-0.1, -0.05) is 18.2 Å². The minimum absolute atomic E-state index is 0.137. The van der Waals surface area contributed by atoms with Crippen molar-refractivity contribution in [3.8, 4) is 0 Å². The van der Waals surface area contributed by atoms with Crippen LogP contribution in [0.4, 0.5) is 5.69 Å². The molecule has 0 amide bonds. The molecule has 1 aromatic carbocycles. The average molecular weight is 387 g/mol. The van der Waals surface area contributed by atoms with E-state index in [1.165, 1.54) is 54.4 Å². The summed E-state index contributed by atoms with van der Waals surface area (Å²) in [5.74, 6) is 3.46. The quantitative estimate of drug-likeness (QED) is 0.488. The first kappa shape index (κ1) is 16.6. The van der Waals surface area contributed by atoms with E-state index in [2.05, 4.69) is 60.7 Å². The number of aryl methyl sites for hydroxylation is 2. The number of rotatable bonds is 1. The highest BCUT2D eigenvalue weighted by atomic mass is 16.3. The molecule has 4 saturated carbocycles. The Hall–Kier alpha value is -2.16. The summed E-state index contributed by atoms with van der Waals surface area (Å²) in [4.78, 5) is 2.88. The zero-order valence-electron chi connectivity index (χ0n) is 17.7. The summed E-state index contributed by atoms with van der Waals surface area (Å²) in [5, 5.41) is 1.37. The van der Waals surface area contributed by atoms with Gasteiger partial charge in [0.25, 0.3) is 0 Å². The largest absolute Gasteiger partial charge is 0.448 e. The highest BCUT2D eigenvalue weighted by Gasteiger charge is 2.66. The molecule has 1 spiro atoms. The molecule has 0 radical (unpaired) electrons. The molecule has 1 aliphatic heterocycles. The lowest BCUT2D eigenvalue weighted by molar-refractivity contribution is -0.0596. The van der Waals surface area contributed by atoms with E-state index in [0.29, 0.717) is 6.04 Å². The molecule has 1 unspecified atom stereocenters. The lowest BCUT2D eigenvalue weighted by atomic mass is 9.47. The Kier molecular flexibility index (Phi) is 3.04. The van der Waals surface area contributed by atoms with Crippen molar-refractivity contribution >= 4 is 16.8 Å². The standard InChI is InChI=1S/C26H30N2O/c1-15-6-4-5-7-22(15)28-16(2)24-23(21-8-9-29-25(21)27(24)3)26(28)19-11-17-10-18(13-19)14-20(26)12-17/h4-9,16-20H,10-14H2,1-3H3. The fourth-order valence-corrected chi connectivity index (χ4v) is 8.59. The van der Waals surface area contributed by atoms with Gasteiger partial charge in [0.05, 0.1) is 17.8 Å². The molecular weight excluding hydrogens is 356 g/mol. The Morgan fingerprint density at radius 2 is 1.66 bits per heavy atom. The monoisotopic (exact) mass is 386 g/mol. The van der Waals surface area contributed by atoms with Gasteiger partial charge < -0.3 is 13.9 Å². The fourth-order valence-electron chi connectivity index (χ4n) is 8.59. The molecule has 0 N–H and O–H groups in total. The molecule has 29 heavy (non-hydrogen) atoms. The zero-order chi connectivity index (χ0) is 19.5. The van der Waals surface area contributed by atoms with Gasteiger partial charge in [-0.05, 0) is 87.3 Å². The summed E-state index contributed by atoms with van der Waals surface area (Å²) in [6.07, 6.45) is 9.04. The first-order chi connectivity index (χ1) is 14.1. The first-order valence-corrected chi connectivity index (χ1v) is 11.5. The van der Waals surface area contributed by atoms with Crippen LogP contribution in [0.1, 0.15) is 61.9 Å². The van der Waals surface area contributed by atoms with Crippen LogP contribution in [-0.4, -0.2) is 4.57 Å². The van der Waals surface area contributed by atoms with E-state index < -0.39 is 0 Å². The SMILES string of the molecule is Cc1ccccc1N1C(C)c2c(c3ccoc3n2C)C12C1CC3CC(C1)CC2C3. The summed E-state index contributed by atoms with van der Waals surface area (Å²) < 4.78 is 8.35. The van der Waals surface area contributed by atoms with Gasteiger partial charge in [-0.15, -0.1) is 0 Å². The number of hydrogen-bond acceptors (Lipinski definition) is 2. The maximum Gasteiger partial charge on any atom is 0.206 e. The van der Waals surface area contributed by atoms with Gasteiger partial charge in [0.1, 0.15) is 0 Å². The number of hydrogen-bond donors (Lipinski definition) is 0. The Balaban J connectivity index is 1.57. The highest BCUT2D eigenvalue weighted by Crippen LogP contribution is 2.70. The van der Waals surface area contributed by atoms with E-state index in [4.69, 9.17) is 4.42 Å². The van der Waals surface area contributed by atoms with Crippen LogP contribution < -0.4 is 4.90 Å². The molecule has 4 fully saturated rings. The lowest BCUT2D eigenvalue weighted by Gasteiger charge is -2.64. The zero-order valence-corrected chi connectivity index (χ0v) is 17.7. The van der Waals surface area contributed by atoms with Gasteiger partial charge >= 0.3 is 0 Å². The molecule has 2 aromatic heterocycles. The molecule has 3 heteroatoms. The van der Waals surface area contributed by atoms with E-state index in [9.17, 15) is 0 Å². The third-order valence-corrected chi connectivity index (χ3v) is 9.18. The smallest absolute Gasteiger partial charge is 0.206 e. The van der Waals surface area contributed by atoms with E-state index in [1.54, 1.807) is 5.56 Å². The minimum atomic E-state index is 0.137. The van der Waals surface area contributed by atoms with Gasteiger partial charge in [-0.25, -0.2) is 0 Å². The van der Waals surface area contributed by atoms with Crippen LogP contribution in [0.15, 0.2) is 41.0 Å². The average Bonchev–Trinajstić information content (AvgIpc) is 3.34. The third kappa shape index (κ3) is 1.78. The van der Waals surface area contributed by atoms with Crippen LogP contribution in [0.25, 0.3) is 11.1 Å². The number of nitrogens with zero attached hydrogens (tertiary/aromatic N) is 2. The Morgan fingerprint density at radius 3 is 2.34 bits per heavy atom. The van der Waals surface area contributed by atoms with Gasteiger partial charge in [0, 0.05) is 29.4 Å². The fraction of sp³-hybridized carbons (Fsp3) is 0.538. The van der Waals surface area contributed by atoms with Crippen LogP contribution in [-0.2, 0) is 12.6 Å². The maximum absolute atomic E-state index is 5.99. The van der Waals surface area contributed by atoms with Crippen molar-refractivity contribution in [1.82, 2.24) is 4.57 Å². The second-order valence-corrected chi connectivity index (χ2v) is 10.4. The van der Waals surface area contributed by atoms with Crippen LogP contribution >= 0.6 is 0 Å². The Bertz CT molecular complexity index is 1110. The van der Waals surface area contributed by atoms with Crippen molar-refractivity contribution in [2.24, 2.45) is 30.7 Å². The van der Waals surface area contributed by atoms with Gasteiger partial charge in [0.2, 0.25) is 5.71 Å². The molecule has 0 saturated heterocycles. The van der Waals surface area contributed by atoms with Crippen LogP contribution in [0.3, 0.4) is 0 Å². The molecule has 150 valence electrons. The number of benzene rings is 1. The molecule has 8 rings (SSSR count). The predicted octanol–water partition coefficient (Wildman–Crippen LogP) is 6.31. The summed E-state index contributed by atoms with van der Waals surface area (Å²) in [5.41, 5.74) is 7.17. The topological polar surface area (TPSA) is 21.3 Å². The number of furan rings is 1. The van der Waals surface area contributed by atoms with E-state index in [-0.39, 0.29) is 5.54 Å². The van der Waals surface area contributed by atoms with Crippen molar-refractivity contribution in [2.75, 3.05) is 4.90 Å². The van der Waals surface area contributed by atoms with Crippen molar-refractivity contribution in [1.29, 1.82) is 0 Å². The van der Waals surface area contributed by atoms with E-state index in [1.807, 2.05) is 6.26 Å². The molecule has 3 aromatic rings. The Labute approximate surface area is 172 Å². The normalized spacial score (nSPS) is 37.2. The summed E-state index contributed by atoms with van der Waals surface area (Å²) in [7, 11) is 2.21. The van der Waals surface area contributed by atoms with Gasteiger partial charge in [-0.2, -0.15) is 0 Å². The van der Waals surface area contributed by atoms with Gasteiger partial charge in [-0.3, -0.25) is 0 Å². The molecule has 5 aliphatic rings. The van der Waals surface area contributed by atoms with Crippen molar-refractivity contribution < 1.29 is 4.42 Å². The lowest BCUT2D eigenvalue weighted by Crippen LogP contribution is -2.62. The van der Waals surface area contributed by atoms with Crippen molar-refractivity contribution in [3.63, 3.8) is 0 Å². The van der Waals surface area contributed by atoms with Crippen LogP contribution in [0.2, 0.25) is 0 Å². The highest BCUT2D eigenvalue weighted by molar-refractivity contribution is 5.86. The Morgan fingerprint density at radius 1 is 0.966 bits per heavy atom. The van der Waals surface area contributed by atoms with Crippen LogP contribution in [0.5, 0.6) is 0 Å². The van der Waals surface area contributed by atoms with Crippen LogP contribution in [0, 0.1) is 30.6 Å². The minimum Gasteiger partial charge on any atom is -0.448 e. The molecule has 3 heterocycles. The summed E-state index contributed by atoms with van der Waals surface area (Å²) in [6.45, 7) is 4.73. The maximum atomic E-state index is 5.99. The summed E-state index contributed by atoms with van der Waals surface area (Å²) in [6, 6.07) is 11.7. The second-order valence-electron chi connectivity index (χ2n) is 10.4. The first-order valence-electron chi connectivity index (χ1n) is 11.5. The third-order valence-electron chi connectivity index (χ3n) is 9.18. The van der Waals surface area contributed by atoms with Crippen molar-refractivity contribution in [3.05, 3.63) is 53.4 Å². The predicted molar refractivity (Wildman–Crippen MR) is 116 cm³/mol. The van der Waals surface area contributed by atoms with Crippen molar-refractivity contribution in [2.45, 2.75) is 57.5 Å². The van der Waals surface area contributed by atoms with Gasteiger partial charge in [0.15, 0.2) is 0 Å². The molecule has 4 aliphatic carbocycles. The molecule has 4 bridgehead atoms.